The molecule has 2 aromatic carbocycles. The number of aromatic nitrogens is 3. The van der Waals surface area contributed by atoms with Crippen LogP contribution in [-0.2, 0) is 17.9 Å². The standard InChI is InChI=1S/C27H26N6O5/c1-3-37-21-9-17(5-4-15(21)2)11-29-26(35)18-12-28-24-23(18)31-14-32-25(24)27(36)30-10-16-6-7-20-19(8-16)33-22(34)13-38-20/h4-9,12,14,28H,3,10-11,13H2,1-2H3,(H,29,35)(H,30,36)(H,33,34). The van der Waals surface area contributed by atoms with Gasteiger partial charge in [0.05, 0.1) is 23.4 Å². The lowest BCUT2D eigenvalue weighted by Gasteiger charge is -2.18. The summed E-state index contributed by atoms with van der Waals surface area (Å²) in [6.45, 7) is 4.92. The van der Waals surface area contributed by atoms with Gasteiger partial charge in [0.2, 0.25) is 0 Å². The SMILES string of the molecule is CCOc1cc(CNC(=O)c2c[nH]c3c(C(=O)NCc4ccc5c(c4)NC(=O)CO5)ncnc23)ccc1C. The minimum Gasteiger partial charge on any atom is -0.494 e. The number of hydrogen-bond donors (Lipinski definition) is 4. The van der Waals surface area contributed by atoms with Gasteiger partial charge in [0.25, 0.3) is 17.7 Å². The van der Waals surface area contributed by atoms with E-state index in [2.05, 4.69) is 30.9 Å². The molecule has 0 spiro atoms. The molecule has 0 saturated carbocycles. The molecule has 0 atom stereocenters. The molecule has 38 heavy (non-hydrogen) atoms. The Balaban J connectivity index is 1.27. The molecule has 1 aliphatic heterocycles. The highest BCUT2D eigenvalue weighted by Gasteiger charge is 2.20. The molecule has 11 heteroatoms. The van der Waals surface area contributed by atoms with Crippen molar-refractivity contribution in [1.82, 2.24) is 25.6 Å². The number of nitrogens with zero attached hydrogens (tertiary/aromatic N) is 2. The number of carbonyl (C=O) groups excluding carboxylic acids is 3. The molecule has 3 heterocycles. The Morgan fingerprint density at radius 2 is 1.82 bits per heavy atom. The number of hydrogen-bond acceptors (Lipinski definition) is 7. The third-order valence-corrected chi connectivity index (χ3v) is 6.06. The summed E-state index contributed by atoms with van der Waals surface area (Å²) in [5.74, 6) is 0.350. The molecule has 0 fully saturated rings. The van der Waals surface area contributed by atoms with E-state index in [4.69, 9.17) is 9.47 Å². The van der Waals surface area contributed by atoms with Crippen LogP contribution in [0.1, 0.15) is 44.5 Å². The van der Waals surface area contributed by atoms with Gasteiger partial charge in [-0.1, -0.05) is 18.2 Å². The van der Waals surface area contributed by atoms with Crippen LogP contribution in [-0.4, -0.2) is 45.9 Å². The number of aromatic amines is 1. The fourth-order valence-electron chi connectivity index (χ4n) is 4.13. The number of carbonyl (C=O) groups is 3. The number of H-pyrrole nitrogens is 1. The third-order valence-electron chi connectivity index (χ3n) is 6.06. The molecule has 1 aliphatic rings. The predicted octanol–water partition coefficient (Wildman–Crippen LogP) is 2.86. The molecule has 0 aliphatic carbocycles. The Bertz CT molecular complexity index is 1550. The van der Waals surface area contributed by atoms with E-state index in [1.54, 1.807) is 18.2 Å². The van der Waals surface area contributed by atoms with Crippen LogP contribution < -0.4 is 25.4 Å². The van der Waals surface area contributed by atoms with Gasteiger partial charge in [-0.3, -0.25) is 14.4 Å². The molecule has 0 unspecified atom stereocenters. The third kappa shape index (κ3) is 5.12. The van der Waals surface area contributed by atoms with Crippen LogP contribution in [0.3, 0.4) is 0 Å². The minimum atomic E-state index is -0.438. The summed E-state index contributed by atoms with van der Waals surface area (Å²) < 4.78 is 11.0. The molecule has 3 amide bonds. The largest absolute Gasteiger partial charge is 0.494 e. The fraction of sp³-hybridized carbons (Fsp3) is 0.222. The molecule has 194 valence electrons. The van der Waals surface area contributed by atoms with Crippen LogP contribution in [0.25, 0.3) is 11.0 Å². The first-order valence-corrected chi connectivity index (χ1v) is 12.1. The molecule has 4 aromatic rings. The Hall–Kier alpha value is -4.93. The van der Waals surface area contributed by atoms with Gasteiger partial charge in [-0.15, -0.1) is 0 Å². The zero-order valence-electron chi connectivity index (χ0n) is 20.9. The molecule has 4 N–H and O–H groups in total. The van der Waals surface area contributed by atoms with E-state index in [9.17, 15) is 14.4 Å². The molecule has 0 saturated heterocycles. The highest BCUT2D eigenvalue weighted by Crippen LogP contribution is 2.28. The van der Waals surface area contributed by atoms with E-state index in [1.165, 1.54) is 12.5 Å². The van der Waals surface area contributed by atoms with E-state index in [1.807, 2.05) is 32.0 Å². The first-order chi connectivity index (χ1) is 18.4. The van der Waals surface area contributed by atoms with Gasteiger partial charge in [0, 0.05) is 19.3 Å². The van der Waals surface area contributed by atoms with Gasteiger partial charge in [-0.2, -0.15) is 0 Å². The van der Waals surface area contributed by atoms with E-state index >= 15 is 0 Å². The number of amides is 3. The molecule has 11 nitrogen and oxygen atoms in total. The van der Waals surface area contributed by atoms with Crippen molar-refractivity contribution in [3.8, 4) is 11.5 Å². The highest BCUT2D eigenvalue weighted by atomic mass is 16.5. The lowest BCUT2D eigenvalue weighted by atomic mass is 10.1. The van der Waals surface area contributed by atoms with Crippen LogP contribution >= 0.6 is 0 Å². The summed E-state index contributed by atoms with van der Waals surface area (Å²) in [6.07, 6.45) is 2.76. The molecule has 5 rings (SSSR count). The van der Waals surface area contributed by atoms with Gasteiger partial charge in [-0.05, 0) is 48.7 Å². The van der Waals surface area contributed by atoms with Gasteiger partial charge >= 0.3 is 0 Å². The topological polar surface area (TPSA) is 147 Å². The second-order valence-electron chi connectivity index (χ2n) is 8.71. The second-order valence-corrected chi connectivity index (χ2v) is 8.71. The smallest absolute Gasteiger partial charge is 0.272 e. The van der Waals surface area contributed by atoms with Crippen LogP contribution in [0.2, 0.25) is 0 Å². The van der Waals surface area contributed by atoms with Crippen molar-refractivity contribution in [2.24, 2.45) is 0 Å². The van der Waals surface area contributed by atoms with E-state index < -0.39 is 5.91 Å². The van der Waals surface area contributed by atoms with Gasteiger partial charge in [0.1, 0.15) is 23.3 Å². The van der Waals surface area contributed by atoms with Crippen molar-refractivity contribution in [3.05, 3.63) is 76.9 Å². The molecular formula is C27H26N6O5. The summed E-state index contributed by atoms with van der Waals surface area (Å²) >= 11 is 0. The minimum absolute atomic E-state index is 0.0241. The zero-order valence-corrected chi connectivity index (χ0v) is 20.9. The maximum atomic E-state index is 12.9. The summed E-state index contributed by atoms with van der Waals surface area (Å²) in [4.78, 5) is 48.8. The Labute approximate surface area is 218 Å². The lowest BCUT2D eigenvalue weighted by molar-refractivity contribution is -0.118. The van der Waals surface area contributed by atoms with Crippen molar-refractivity contribution in [2.75, 3.05) is 18.5 Å². The number of rotatable bonds is 8. The summed E-state index contributed by atoms with van der Waals surface area (Å²) in [5.41, 5.74) is 4.36. The van der Waals surface area contributed by atoms with Crippen molar-refractivity contribution < 1.29 is 23.9 Å². The molecular weight excluding hydrogens is 488 g/mol. The Kier molecular flexibility index (Phi) is 6.90. The van der Waals surface area contributed by atoms with Crippen LogP contribution in [0.15, 0.2) is 48.9 Å². The van der Waals surface area contributed by atoms with Crippen LogP contribution in [0.4, 0.5) is 5.69 Å². The van der Waals surface area contributed by atoms with Crippen LogP contribution in [0.5, 0.6) is 11.5 Å². The zero-order chi connectivity index (χ0) is 26.6. The average molecular weight is 515 g/mol. The van der Waals surface area contributed by atoms with E-state index in [0.717, 1.165) is 22.4 Å². The summed E-state index contributed by atoms with van der Waals surface area (Å²) in [5, 5.41) is 8.45. The first kappa shape index (κ1) is 24.8. The van der Waals surface area contributed by atoms with Gasteiger partial charge < -0.3 is 30.4 Å². The van der Waals surface area contributed by atoms with Crippen molar-refractivity contribution in [3.63, 3.8) is 0 Å². The predicted molar refractivity (Wildman–Crippen MR) is 139 cm³/mol. The molecule has 0 radical (unpaired) electrons. The Morgan fingerprint density at radius 1 is 1.05 bits per heavy atom. The van der Waals surface area contributed by atoms with Crippen LogP contribution in [0, 0.1) is 6.92 Å². The van der Waals surface area contributed by atoms with Gasteiger partial charge in [-0.25, -0.2) is 9.97 Å². The van der Waals surface area contributed by atoms with Gasteiger partial charge in [0.15, 0.2) is 12.3 Å². The summed E-state index contributed by atoms with van der Waals surface area (Å²) in [7, 11) is 0. The van der Waals surface area contributed by atoms with Crippen molar-refractivity contribution in [1.29, 1.82) is 0 Å². The maximum absolute atomic E-state index is 12.9. The molecule has 2 aromatic heterocycles. The van der Waals surface area contributed by atoms with Crippen molar-refractivity contribution in [2.45, 2.75) is 26.9 Å². The lowest BCUT2D eigenvalue weighted by Crippen LogP contribution is -2.26. The summed E-state index contributed by atoms with van der Waals surface area (Å²) in [6, 6.07) is 11.1. The number of benzene rings is 2. The number of anilines is 1. The second kappa shape index (κ2) is 10.6. The van der Waals surface area contributed by atoms with E-state index in [0.29, 0.717) is 41.2 Å². The molecule has 0 bridgehead atoms. The number of aryl methyl sites for hydroxylation is 1. The number of fused-ring (bicyclic) bond motifs is 2. The normalized spacial score (nSPS) is 12.3. The number of ether oxygens (including phenoxy) is 2. The quantitative estimate of drug-likeness (QED) is 0.283. The highest BCUT2D eigenvalue weighted by molar-refractivity contribution is 6.10. The first-order valence-electron chi connectivity index (χ1n) is 12.1. The van der Waals surface area contributed by atoms with Crippen molar-refractivity contribution >= 4 is 34.4 Å². The average Bonchev–Trinajstić information content (AvgIpc) is 3.36. The number of nitrogens with one attached hydrogen (secondary N) is 4. The fourth-order valence-corrected chi connectivity index (χ4v) is 4.13. The maximum Gasteiger partial charge on any atom is 0.272 e. The van der Waals surface area contributed by atoms with E-state index in [-0.39, 0.29) is 30.7 Å². The monoisotopic (exact) mass is 514 g/mol. The Morgan fingerprint density at radius 3 is 2.63 bits per heavy atom.